The van der Waals surface area contributed by atoms with E-state index in [2.05, 4.69) is 0 Å². The van der Waals surface area contributed by atoms with Crippen LogP contribution in [0, 0.1) is 5.92 Å². The van der Waals surface area contributed by atoms with Gasteiger partial charge in [-0.05, 0) is 19.3 Å². The maximum Gasteiger partial charge on any atom is 0.477 e. The number of rotatable bonds is 12. The third-order valence-corrected chi connectivity index (χ3v) is 5.43. The first kappa shape index (κ1) is 21.1. The first-order valence-corrected chi connectivity index (χ1v) is 10.1. The Kier molecular flexibility index (Phi) is 9.98. The van der Waals surface area contributed by atoms with E-state index in [1.54, 1.807) is 0 Å². The number of hydrogen-bond donors (Lipinski definition) is 0. The third-order valence-electron chi connectivity index (χ3n) is 3.97. The third kappa shape index (κ3) is 6.48. The summed E-state index contributed by atoms with van der Waals surface area (Å²) in [5.74, 6) is 0.0368. The van der Waals surface area contributed by atoms with Crippen LogP contribution in [0.5, 0.6) is 0 Å². The summed E-state index contributed by atoms with van der Waals surface area (Å²) >= 11 is 0. The predicted octanol–water partition coefficient (Wildman–Crippen LogP) is 3.98. The molecule has 1 aliphatic rings. The van der Waals surface area contributed by atoms with Crippen molar-refractivity contribution in [3.8, 4) is 0 Å². The molecule has 1 heterocycles. The molecule has 0 amide bonds. The van der Waals surface area contributed by atoms with Crippen LogP contribution in [-0.2, 0) is 27.5 Å². The molecule has 0 N–H and O–H groups in total. The van der Waals surface area contributed by atoms with Gasteiger partial charge in [-0.15, -0.1) is 0 Å². The highest BCUT2D eigenvalue weighted by Crippen LogP contribution is 2.53. The summed E-state index contributed by atoms with van der Waals surface area (Å²) in [4.78, 5) is 0. The van der Waals surface area contributed by atoms with Crippen LogP contribution >= 0.6 is 7.82 Å². The Bertz CT molecular complexity index is 356. The van der Waals surface area contributed by atoms with Gasteiger partial charge in [-0.25, -0.2) is 4.57 Å². The maximum atomic E-state index is 12.8. The summed E-state index contributed by atoms with van der Waals surface area (Å²) in [6, 6.07) is 0. The molecule has 0 aliphatic carbocycles. The molecular formula is C15H30BO6P. The second-order valence-electron chi connectivity index (χ2n) is 5.84. The minimum absolute atomic E-state index is 0.0368. The topological polar surface area (TPSA) is 63.2 Å². The molecule has 0 saturated carbocycles. The zero-order valence-corrected chi connectivity index (χ0v) is 15.6. The Balaban J connectivity index is 2.71. The molecule has 1 fully saturated rings. The van der Waals surface area contributed by atoms with Crippen LogP contribution in [0.1, 0.15) is 59.8 Å². The van der Waals surface area contributed by atoms with Crippen LogP contribution in [-0.4, -0.2) is 39.8 Å². The van der Waals surface area contributed by atoms with Crippen molar-refractivity contribution in [3.05, 3.63) is 0 Å². The van der Waals surface area contributed by atoms with Crippen LogP contribution in [0.4, 0.5) is 0 Å². The van der Waals surface area contributed by atoms with Crippen molar-refractivity contribution in [2.75, 3.05) is 13.2 Å². The van der Waals surface area contributed by atoms with Crippen LogP contribution in [0.2, 0.25) is 0 Å². The molecule has 4 atom stereocenters. The quantitative estimate of drug-likeness (QED) is 0.302. The normalized spacial score (nSPS) is 28.3. The molecule has 4 unspecified atom stereocenters. The van der Waals surface area contributed by atoms with Gasteiger partial charge in [-0.3, -0.25) is 13.6 Å². The van der Waals surface area contributed by atoms with Crippen LogP contribution in [0.15, 0.2) is 0 Å². The van der Waals surface area contributed by atoms with Gasteiger partial charge >= 0.3 is 7.82 Å². The van der Waals surface area contributed by atoms with Crippen LogP contribution in [0.3, 0.4) is 0 Å². The Morgan fingerprint density at radius 3 is 2.09 bits per heavy atom. The first-order chi connectivity index (χ1) is 11.0. The molecule has 6 nitrogen and oxygen atoms in total. The monoisotopic (exact) mass is 348 g/mol. The van der Waals surface area contributed by atoms with Gasteiger partial charge in [0.1, 0.15) is 0 Å². The molecule has 0 aromatic rings. The van der Waals surface area contributed by atoms with Crippen molar-refractivity contribution in [1.82, 2.24) is 0 Å². The summed E-state index contributed by atoms with van der Waals surface area (Å²) < 4.78 is 40.0. The standard InChI is InChI=1S/C15H30BO6P/c1-5-8-10-18-23(17,19-11-9-6-2)22-15-14(21-16)12(4)13(7-3)20-15/h12-15H,5-11H2,1-4H3. The molecular weight excluding hydrogens is 318 g/mol. The van der Waals surface area contributed by atoms with Gasteiger partial charge in [-0.1, -0.05) is 40.5 Å². The van der Waals surface area contributed by atoms with Crippen LogP contribution < -0.4 is 0 Å². The molecule has 8 heteroatoms. The lowest BCUT2D eigenvalue weighted by molar-refractivity contribution is -0.119. The van der Waals surface area contributed by atoms with Crippen molar-refractivity contribution in [2.45, 2.75) is 78.3 Å². The van der Waals surface area contributed by atoms with E-state index >= 15 is 0 Å². The second-order valence-corrected chi connectivity index (χ2v) is 7.46. The second kappa shape index (κ2) is 10.9. The lowest BCUT2D eigenvalue weighted by Crippen LogP contribution is -2.30. The van der Waals surface area contributed by atoms with Gasteiger partial charge < -0.3 is 9.39 Å². The number of unbranched alkanes of at least 4 members (excludes halogenated alkanes) is 2. The number of hydrogen-bond acceptors (Lipinski definition) is 6. The first-order valence-electron chi connectivity index (χ1n) is 8.59. The van der Waals surface area contributed by atoms with Crippen molar-refractivity contribution in [3.63, 3.8) is 0 Å². The van der Waals surface area contributed by atoms with E-state index in [0.717, 1.165) is 32.1 Å². The minimum atomic E-state index is -3.70. The SMILES string of the molecule is [B]OC1C(OP(=O)(OCCCC)OCCCC)OC(CC)C1C. The molecule has 23 heavy (non-hydrogen) atoms. The maximum absolute atomic E-state index is 12.8. The summed E-state index contributed by atoms with van der Waals surface area (Å²) in [7, 11) is 1.66. The van der Waals surface area contributed by atoms with Gasteiger partial charge in [0.25, 0.3) is 8.05 Å². The van der Waals surface area contributed by atoms with E-state index in [0.29, 0.717) is 13.2 Å². The zero-order valence-electron chi connectivity index (χ0n) is 14.7. The van der Waals surface area contributed by atoms with Gasteiger partial charge in [0.2, 0.25) is 0 Å². The Morgan fingerprint density at radius 2 is 1.65 bits per heavy atom. The van der Waals surface area contributed by atoms with E-state index < -0.39 is 20.2 Å². The molecule has 2 radical (unpaired) electrons. The van der Waals surface area contributed by atoms with Gasteiger partial charge in [0.05, 0.1) is 25.4 Å². The predicted molar refractivity (Wildman–Crippen MR) is 89.2 cm³/mol. The Hall–Kier alpha value is 0.0949. The fourth-order valence-electron chi connectivity index (χ4n) is 2.44. The van der Waals surface area contributed by atoms with E-state index in [-0.39, 0.29) is 12.0 Å². The molecule has 1 saturated heterocycles. The summed E-state index contributed by atoms with van der Waals surface area (Å²) in [6.07, 6.45) is 2.79. The van der Waals surface area contributed by atoms with Crippen molar-refractivity contribution in [2.24, 2.45) is 5.92 Å². The zero-order chi connectivity index (χ0) is 17.3. The number of phosphoric ester groups is 1. The van der Waals surface area contributed by atoms with Crippen molar-refractivity contribution < 1.29 is 27.5 Å². The lowest BCUT2D eigenvalue weighted by atomic mass is 9.99. The molecule has 0 bridgehead atoms. The Morgan fingerprint density at radius 1 is 1.09 bits per heavy atom. The van der Waals surface area contributed by atoms with Gasteiger partial charge in [0, 0.05) is 5.92 Å². The molecule has 134 valence electrons. The highest BCUT2D eigenvalue weighted by molar-refractivity contribution is 7.48. The average molecular weight is 348 g/mol. The van der Waals surface area contributed by atoms with E-state index in [9.17, 15) is 4.57 Å². The fourth-order valence-corrected chi connectivity index (χ4v) is 3.77. The van der Waals surface area contributed by atoms with Crippen LogP contribution in [0.25, 0.3) is 0 Å². The molecule has 0 aromatic carbocycles. The van der Waals surface area contributed by atoms with Gasteiger partial charge in [0.15, 0.2) is 6.29 Å². The summed E-state index contributed by atoms with van der Waals surface area (Å²) in [6.45, 7) is 8.65. The smallest absolute Gasteiger partial charge is 0.440 e. The minimum Gasteiger partial charge on any atom is -0.440 e. The number of ether oxygens (including phenoxy) is 1. The molecule has 1 rings (SSSR count). The average Bonchev–Trinajstić information content (AvgIpc) is 2.82. The summed E-state index contributed by atoms with van der Waals surface area (Å²) in [5, 5.41) is 0. The van der Waals surface area contributed by atoms with E-state index in [1.807, 2.05) is 27.7 Å². The fraction of sp³-hybridized carbons (Fsp3) is 1.00. The molecule has 1 aliphatic heterocycles. The number of phosphoric acid groups is 1. The van der Waals surface area contributed by atoms with Crippen molar-refractivity contribution in [1.29, 1.82) is 0 Å². The molecule has 0 spiro atoms. The molecule has 0 aromatic heterocycles. The highest BCUT2D eigenvalue weighted by Gasteiger charge is 2.45. The highest BCUT2D eigenvalue weighted by atomic mass is 31.2. The van der Waals surface area contributed by atoms with E-state index in [4.69, 9.17) is 31.0 Å². The van der Waals surface area contributed by atoms with E-state index in [1.165, 1.54) is 0 Å². The summed E-state index contributed by atoms with van der Waals surface area (Å²) in [5.41, 5.74) is 0. The largest absolute Gasteiger partial charge is 0.477 e. The lowest BCUT2D eigenvalue weighted by Gasteiger charge is -2.25. The van der Waals surface area contributed by atoms with Gasteiger partial charge in [-0.2, -0.15) is 0 Å². The van der Waals surface area contributed by atoms with Crippen molar-refractivity contribution >= 4 is 15.9 Å². The Labute approximate surface area is 141 Å².